The largest absolute Gasteiger partial charge is 0.444 e. The van der Waals surface area contributed by atoms with Crippen molar-refractivity contribution in [1.29, 1.82) is 0 Å². The number of benzene rings is 1. The van der Waals surface area contributed by atoms with E-state index < -0.39 is 11.7 Å². The van der Waals surface area contributed by atoms with Crippen LogP contribution in [0.25, 0.3) is 4.85 Å². The fraction of sp³-hybridized carbons (Fsp3) is 0.333. The zero-order valence-corrected chi connectivity index (χ0v) is 10.1. The van der Waals surface area contributed by atoms with Crippen LogP contribution in [-0.2, 0) is 4.74 Å². The molecule has 5 heteroatoms. The number of hydrogen-bond donors (Lipinski definition) is 2. The summed E-state index contributed by atoms with van der Waals surface area (Å²) in [5, 5.41) is 2.53. The van der Waals surface area contributed by atoms with Crippen LogP contribution in [0.15, 0.2) is 18.2 Å². The first-order chi connectivity index (χ1) is 7.81. The van der Waals surface area contributed by atoms with Crippen LogP contribution in [0.1, 0.15) is 20.8 Å². The summed E-state index contributed by atoms with van der Waals surface area (Å²) in [6.45, 7) is 12.2. The summed E-state index contributed by atoms with van der Waals surface area (Å²) in [6, 6.07) is 4.66. The molecule has 0 aromatic heterocycles. The minimum Gasteiger partial charge on any atom is -0.444 e. The first-order valence-electron chi connectivity index (χ1n) is 5.09. The second-order valence-electron chi connectivity index (χ2n) is 4.51. The molecule has 3 N–H and O–H groups in total. The predicted molar refractivity (Wildman–Crippen MR) is 67.0 cm³/mol. The topological polar surface area (TPSA) is 68.7 Å². The summed E-state index contributed by atoms with van der Waals surface area (Å²) in [6.07, 6.45) is -0.570. The molecule has 1 rings (SSSR count). The number of amides is 1. The molecular formula is C12H15N3O2. The number of nitrogens with two attached hydrogens (primary N) is 1. The van der Waals surface area contributed by atoms with Crippen molar-refractivity contribution in [1.82, 2.24) is 0 Å². The van der Waals surface area contributed by atoms with Gasteiger partial charge in [0.05, 0.1) is 12.3 Å². The number of carbonyl (C=O) groups excluding carboxylic acids is 1. The molecule has 1 amide bonds. The Hall–Kier alpha value is -2.22. The predicted octanol–water partition coefficient (Wildman–Crippen LogP) is 3.17. The minimum atomic E-state index is -0.570. The van der Waals surface area contributed by atoms with E-state index in [2.05, 4.69) is 10.2 Å². The zero-order valence-electron chi connectivity index (χ0n) is 10.1. The lowest BCUT2D eigenvalue weighted by atomic mass is 10.2. The van der Waals surface area contributed by atoms with Crippen molar-refractivity contribution in [2.75, 3.05) is 11.1 Å². The van der Waals surface area contributed by atoms with E-state index in [1.807, 2.05) is 0 Å². The van der Waals surface area contributed by atoms with Crippen molar-refractivity contribution in [3.63, 3.8) is 0 Å². The Labute approximate surface area is 100 Å². The Morgan fingerprint density at radius 1 is 1.47 bits per heavy atom. The van der Waals surface area contributed by atoms with Gasteiger partial charge in [-0.25, -0.2) is 9.64 Å². The lowest BCUT2D eigenvalue weighted by Gasteiger charge is -2.20. The number of nitrogens with one attached hydrogen (secondary N) is 1. The summed E-state index contributed by atoms with van der Waals surface area (Å²) in [7, 11) is 0. The third-order valence-electron chi connectivity index (χ3n) is 1.80. The molecule has 90 valence electrons. The maximum Gasteiger partial charge on any atom is 0.412 e. The molecule has 0 aliphatic carbocycles. The summed E-state index contributed by atoms with van der Waals surface area (Å²) >= 11 is 0. The van der Waals surface area contributed by atoms with Gasteiger partial charge in [0.1, 0.15) is 5.60 Å². The van der Waals surface area contributed by atoms with Gasteiger partial charge in [-0.05, 0) is 32.9 Å². The number of nitrogens with zero attached hydrogens (tertiary/aromatic N) is 1. The zero-order chi connectivity index (χ0) is 13.1. The van der Waals surface area contributed by atoms with E-state index in [1.54, 1.807) is 32.9 Å². The molecule has 0 spiro atoms. The number of rotatable bonds is 1. The Bertz CT molecular complexity index is 470. The molecule has 0 radical (unpaired) electrons. The SMILES string of the molecule is [C-]#[N+]c1ccc(NC(=O)OC(C)(C)C)c(N)c1. The van der Waals surface area contributed by atoms with Gasteiger partial charge in [0.15, 0.2) is 5.69 Å². The van der Waals surface area contributed by atoms with Crippen LogP contribution in [0.4, 0.5) is 21.9 Å². The second-order valence-corrected chi connectivity index (χ2v) is 4.51. The first kappa shape index (κ1) is 12.8. The fourth-order valence-electron chi connectivity index (χ4n) is 1.15. The fourth-order valence-corrected chi connectivity index (χ4v) is 1.15. The van der Waals surface area contributed by atoms with Crippen LogP contribution in [0.5, 0.6) is 0 Å². The molecule has 1 aromatic carbocycles. The Morgan fingerprint density at radius 3 is 2.59 bits per heavy atom. The molecule has 0 unspecified atom stereocenters. The number of hydrogen-bond acceptors (Lipinski definition) is 3. The van der Waals surface area contributed by atoms with Crippen molar-refractivity contribution in [2.45, 2.75) is 26.4 Å². The van der Waals surface area contributed by atoms with E-state index >= 15 is 0 Å². The maximum atomic E-state index is 11.5. The highest BCUT2D eigenvalue weighted by atomic mass is 16.6. The molecule has 0 atom stereocenters. The van der Waals surface area contributed by atoms with Crippen LogP contribution >= 0.6 is 0 Å². The van der Waals surface area contributed by atoms with Gasteiger partial charge in [-0.2, -0.15) is 0 Å². The van der Waals surface area contributed by atoms with E-state index in [0.717, 1.165) is 0 Å². The normalized spacial score (nSPS) is 10.5. The molecule has 5 nitrogen and oxygen atoms in total. The lowest BCUT2D eigenvalue weighted by molar-refractivity contribution is 0.0636. The Balaban J connectivity index is 2.76. The molecule has 0 heterocycles. The van der Waals surface area contributed by atoms with Crippen LogP contribution in [-0.4, -0.2) is 11.7 Å². The van der Waals surface area contributed by atoms with E-state index in [0.29, 0.717) is 17.1 Å². The lowest BCUT2D eigenvalue weighted by Crippen LogP contribution is -2.27. The molecule has 17 heavy (non-hydrogen) atoms. The van der Waals surface area contributed by atoms with Gasteiger partial charge in [0.2, 0.25) is 0 Å². The van der Waals surface area contributed by atoms with Gasteiger partial charge in [-0.3, -0.25) is 5.32 Å². The molecular weight excluding hydrogens is 218 g/mol. The molecule has 0 fully saturated rings. The number of nitrogen functional groups attached to an aromatic ring is 1. The number of ether oxygens (including phenoxy) is 1. The first-order valence-corrected chi connectivity index (χ1v) is 5.09. The van der Waals surface area contributed by atoms with E-state index in [9.17, 15) is 4.79 Å². The van der Waals surface area contributed by atoms with Crippen molar-refractivity contribution in [3.8, 4) is 0 Å². The highest BCUT2D eigenvalue weighted by Crippen LogP contribution is 2.25. The van der Waals surface area contributed by atoms with E-state index in [-0.39, 0.29) is 0 Å². The summed E-state index contributed by atoms with van der Waals surface area (Å²) in [5.74, 6) is 0. The summed E-state index contributed by atoms with van der Waals surface area (Å²) < 4.78 is 5.09. The van der Waals surface area contributed by atoms with Gasteiger partial charge < -0.3 is 10.5 Å². The van der Waals surface area contributed by atoms with Crippen molar-refractivity contribution in [3.05, 3.63) is 29.6 Å². The quantitative estimate of drug-likeness (QED) is 0.578. The van der Waals surface area contributed by atoms with Gasteiger partial charge in [0.25, 0.3) is 0 Å². The molecule has 0 saturated carbocycles. The maximum absolute atomic E-state index is 11.5. The van der Waals surface area contributed by atoms with Crippen molar-refractivity contribution >= 4 is 23.2 Å². The average molecular weight is 233 g/mol. The van der Waals surface area contributed by atoms with E-state index in [4.69, 9.17) is 17.0 Å². The molecule has 1 aromatic rings. The van der Waals surface area contributed by atoms with Gasteiger partial charge in [-0.1, -0.05) is 6.07 Å². The monoisotopic (exact) mass is 233 g/mol. The summed E-state index contributed by atoms with van der Waals surface area (Å²) in [5.41, 5.74) is 6.34. The van der Waals surface area contributed by atoms with Crippen LogP contribution in [0.2, 0.25) is 0 Å². The standard InChI is InChI=1S/C12H15N3O2/c1-12(2,3)17-11(16)15-10-6-5-8(14-4)7-9(10)13/h5-7H,13H2,1-3H3,(H,15,16). The third kappa shape index (κ3) is 4.03. The second kappa shape index (κ2) is 4.74. The van der Waals surface area contributed by atoms with Crippen LogP contribution < -0.4 is 11.1 Å². The smallest absolute Gasteiger partial charge is 0.412 e. The average Bonchev–Trinajstić information content (AvgIpc) is 2.18. The van der Waals surface area contributed by atoms with Gasteiger partial charge in [0, 0.05) is 5.69 Å². The molecule has 0 aliphatic rings. The number of carbonyl (C=O) groups is 1. The van der Waals surface area contributed by atoms with Crippen molar-refractivity contribution < 1.29 is 9.53 Å². The summed E-state index contributed by atoms with van der Waals surface area (Å²) in [4.78, 5) is 14.7. The van der Waals surface area contributed by atoms with Crippen molar-refractivity contribution in [2.24, 2.45) is 0 Å². The molecule has 0 bridgehead atoms. The highest BCUT2D eigenvalue weighted by Gasteiger charge is 2.16. The van der Waals surface area contributed by atoms with Gasteiger partial charge in [-0.15, -0.1) is 0 Å². The molecule has 0 saturated heterocycles. The Morgan fingerprint density at radius 2 is 2.12 bits per heavy atom. The Kier molecular flexibility index (Phi) is 3.59. The third-order valence-corrected chi connectivity index (χ3v) is 1.80. The van der Waals surface area contributed by atoms with Crippen LogP contribution in [0, 0.1) is 6.57 Å². The number of anilines is 2. The van der Waals surface area contributed by atoms with Crippen LogP contribution in [0.3, 0.4) is 0 Å². The highest BCUT2D eigenvalue weighted by molar-refractivity contribution is 5.90. The van der Waals surface area contributed by atoms with Gasteiger partial charge >= 0.3 is 6.09 Å². The molecule has 0 aliphatic heterocycles. The van der Waals surface area contributed by atoms with E-state index in [1.165, 1.54) is 6.07 Å². The minimum absolute atomic E-state index is 0.337.